The minimum absolute atomic E-state index is 0.303. The van der Waals surface area contributed by atoms with E-state index in [2.05, 4.69) is 5.32 Å². The van der Waals surface area contributed by atoms with Crippen molar-refractivity contribution in [2.45, 2.75) is 189 Å². The minimum Gasteiger partial charge on any atom is -0.394 e. The van der Waals surface area contributed by atoms with Gasteiger partial charge in [-0.15, -0.1) is 0 Å². The first-order valence-electron chi connectivity index (χ1n) is 23.2. The Morgan fingerprint density at radius 1 is 0.592 bits per heavy atom. The fourth-order valence-electron chi connectivity index (χ4n) is 10.5. The highest BCUT2D eigenvalue weighted by atomic mass is 16.8. The number of ether oxygens (including phenoxy) is 7. The van der Waals surface area contributed by atoms with E-state index in [-0.39, 0.29) is 6.29 Å². The van der Waals surface area contributed by atoms with Crippen molar-refractivity contribution >= 4 is 18.1 Å². The lowest BCUT2D eigenvalue weighted by molar-refractivity contribution is -0.571. The van der Waals surface area contributed by atoms with E-state index < -0.39 is 226 Å². The molecule has 0 saturated carbocycles. The van der Waals surface area contributed by atoms with Crippen LogP contribution >= 0.6 is 0 Å². The van der Waals surface area contributed by atoms with Crippen molar-refractivity contribution in [3.05, 3.63) is 0 Å². The first kappa shape index (κ1) is 64.2. The Kier molecular flexibility index (Phi) is 20.1. The number of aliphatic hydroxyl groups excluding tert-OH is 19. The molecule has 36 nitrogen and oxygen atoms in total. The summed E-state index contributed by atoms with van der Waals surface area (Å²) in [5.41, 5.74) is -4.72. The second-order valence-corrected chi connectivity index (χ2v) is 19.1. The van der Waals surface area contributed by atoms with E-state index in [9.17, 15) is 132 Å². The van der Waals surface area contributed by atoms with Crippen LogP contribution in [-0.4, -0.2) is 350 Å². The number of hydrogen-bond acceptors (Lipinski definition) is 34. The number of aldehydes is 1. The fourth-order valence-corrected chi connectivity index (χ4v) is 10.5. The van der Waals surface area contributed by atoms with Gasteiger partial charge in [0.2, 0.25) is 23.4 Å². The van der Waals surface area contributed by atoms with Gasteiger partial charge in [-0.2, -0.15) is 0 Å². The standard InChI is InChI=1S/C40H69N3O33/c1-10(51)42-19-25(59)21(55)14(5-46)70-34(19)71-33-18(9-50)75-40(76-29(13(53)4-45)20(54)12(41)3-44,38(69)32(65)28(62)24(58)17(8-49)74-38)39(43-11(2)52,37(68)31(64)27(61)23(57)16(7-48)73-37)35(33,66)36(67)30(63)26(60)22(56)15(6-47)72-36/h3,12-34,45-50,53-69H,4-9,41H2,1-2H3,(H,42,51)(H,43,52)/t12-,13+,14+,15?,16?,17?,18+,19+,20+,21+,22?,23?,24?,25+,26?,27?,28?,29+,30?,31?,32?,33-,34-,35+,36?,37?,38?,39+,40+/m0/s1. The van der Waals surface area contributed by atoms with Crippen molar-refractivity contribution in [1.29, 1.82) is 0 Å². The van der Waals surface area contributed by atoms with E-state index in [1.807, 2.05) is 0 Å². The van der Waals surface area contributed by atoms with Crippen LogP contribution in [0.25, 0.3) is 0 Å². The Morgan fingerprint density at radius 3 is 1.43 bits per heavy atom. The maximum atomic E-state index is 14.6. The van der Waals surface area contributed by atoms with Crippen molar-refractivity contribution in [3.8, 4) is 0 Å². The fraction of sp³-hybridized carbons (Fsp3) is 0.925. The first-order chi connectivity index (χ1) is 35.3. The third-order valence-corrected chi connectivity index (χ3v) is 14.4. The van der Waals surface area contributed by atoms with Crippen molar-refractivity contribution < 1.29 is 165 Å². The molecular weight excluding hydrogens is 1050 g/mol. The molecule has 0 aromatic carbocycles. The summed E-state index contributed by atoms with van der Waals surface area (Å²) >= 11 is 0. The number of hydrogen-bond donors (Lipinski definition) is 26. The van der Waals surface area contributed by atoms with Gasteiger partial charge in [0, 0.05) is 13.8 Å². The van der Waals surface area contributed by atoms with Gasteiger partial charge in [0.25, 0.3) is 11.6 Å². The van der Waals surface area contributed by atoms with Crippen molar-refractivity contribution in [1.82, 2.24) is 10.6 Å². The average molecular weight is 1120 g/mol. The predicted octanol–water partition coefficient (Wildman–Crippen LogP) is -17.9. The normalized spacial score (nSPS) is 49.7. The Hall–Kier alpha value is -2.63. The highest BCUT2D eigenvalue weighted by Gasteiger charge is 2.95. The zero-order chi connectivity index (χ0) is 57.7. The smallest absolute Gasteiger partial charge is 0.260 e. The molecule has 442 valence electrons. The van der Waals surface area contributed by atoms with Crippen LogP contribution in [0.15, 0.2) is 0 Å². The molecule has 0 aromatic rings. The van der Waals surface area contributed by atoms with E-state index in [1.54, 1.807) is 5.32 Å². The molecular formula is C40H69N3O33. The highest BCUT2D eigenvalue weighted by molar-refractivity contribution is 5.75. The second-order valence-electron chi connectivity index (χ2n) is 19.1. The molecule has 36 heteroatoms. The Morgan fingerprint density at radius 2 is 1.01 bits per heavy atom. The highest BCUT2D eigenvalue weighted by Crippen LogP contribution is 2.64. The topological polar surface area (TPSA) is 631 Å². The predicted molar refractivity (Wildman–Crippen MR) is 229 cm³/mol. The van der Waals surface area contributed by atoms with Gasteiger partial charge in [-0.1, -0.05) is 0 Å². The summed E-state index contributed by atoms with van der Waals surface area (Å²) in [5, 5.41) is 273. The van der Waals surface area contributed by atoms with Gasteiger partial charge >= 0.3 is 0 Å². The molecule has 0 spiro atoms. The quantitative estimate of drug-likeness (QED) is 0.0534. The molecule has 0 bridgehead atoms. The third-order valence-electron chi connectivity index (χ3n) is 14.4. The summed E-state index contributed by atoms with van der Waals surface area (Å²) in [7, 11) is 0. The Labute approximate surface area is 427 Å². The summed E-state index contributed by atoms with van der Waals surface area (Å²) in [6.07, 6.45) is -62.2. The summed E-state index contributed by atoms with van der Waals surface area (Å²) in [6, 6.07) is -4.74. The number of carbonyl (C=O) groups is 3. The number of amides is 2. The number of aliphatic hydroxyl groups is 23. The van der Waals surface area contributed by atoms with Crippen LogP contribution in [0, 0.1) is 0 Å². The minimum atomic E-state index is -5.27. The molecule has 5 aliphatic rings. The van der Waals surface area contributed by atoms with Crippen LogP contribution in [0.5, 0.6) is 0 Å². The molecule has 27 N–H and O–H groups in total. The van der Waals surface area contributed by atoms with Crippen LogP contribution < -0.4 is 16.4 Å². The molecule has 5 saturated heterocycles. The molecule has 29 atom stereocenters. The maximum absolute atomic E-state index is 14.6. The SMILES string of the molecule is CC(=O)N[C@H]1[C@H](O[C@H]2[C@@H](CO)O[C@@](O[C@@H]([C@H](O)[C@@H](N)C=O)[C@H](O)CO)(C3(O)OC(CO)C(O)C(O)C3O)[C@](NC(C)=O)(C3(O)OC(CO)C(O)C(O)C3O)[C@]2(O)C2(O)OC(CO)C(O)C(O)C2O)O[C@H](CO)[C@@H](O)[C@@H]1O. The molecule has 0 radical (unpaired) electrons. The van der Waals surface area contributed by atoms with Gasteiger partial charge in [0.1, 0.15) is 134 Å². The van der Waals surface area contributed by atoms with Crippen LogP contribution in [0.3, 0.4) is 0 Å². The van der Waals surface area contributed by atoms with Gasteiger partial charge in [-0.25, -0.2) is 0 Å². The largest absolute Gasteiger partial charge is 0.394 e. The maximum Gasteiger partial charge on any atom is 0.260 e. The second kappa shape index (κ2) is 23.8. The Balaban J connectivity index is 2.22. The summed E-state index contributed by atoms with van der Waals surface area (Å²) in [5.74, 6) is -23.1. The summed E-state index contributed by atoms with van der Waals surface area (Å²) < 4.78 is 40.7. The summed E-state index contributed by atoms with van der Waals surface area (Å²) in [6.45, 7) is -9.04. The van der Waals surface area contributed by atoms with Crippen molar-refractivity contribution in [3.63, 3.8) is 0 Å². The van der Waals surface area contributed by atoms with Gasteiger partial charge in [0.05, 0.1) is 45.7 Å². The van der Waals surface area contributed by atoms with E-state index in [4.69, 9.17) is 38.9 Å². The number of nitrogens with one attached hydrogen (secondary N) is 2. The van der Waals surface area contributed by atoms with Gasteiger partial charge < -0.3 is 172 Å². The first-order valence-corrected chi connectivity index (χ1v) is 23.2. The zero-order valence-electron chi connectivity index (χ0n) is 40.0. The lowest BCUT2D eigenvalue weighted by Crippen LogP contribution is -3.03. The lowest BCUT2D eigenvalue weighted by atomic mass is 9.53. The van der Waals surface area contributed by atoms with E-state index in [1.165, 1.54) is 0 Å². The molecule has 76 heavy (non-hydrogen) atoms. The number of rotatable bonds is 19. The van der Waals surface area contributed by atoms with Crippen LogP contribution in [0.4, 0.5) is 0 Å². The van der Waals surface area contributed by atoms with Crippen LogP contribution in [-0.2, 0) is 47.5 Å². The molecule has 0 aromatic heterocycles. The third kappa shape index (κ3) is 9.75. The molecule has 5 heterocycles. The molecule has 5 fully saturated rings. The van der Waals surface area contributed by atoms with Crippen molar-refractivity contribution in [2.24, 2.45) is 5.73 Å². The molecule has 15 unspecified atom stereocenters. The van der Waals surface area contributed by atoms with Crippen molar-refractivity contribution in [2.75, 3.05) is 39.6 Å². The van der Waals surface area contributed by atoms with E-state index >= 15 is 0 Å². The van der Waals surface area contributed by atoms with Crippen LogP contribution in [0.2, 0.25) is 0 Å². The number of carbonyl (C=O) groups excluding carboxylic acids is 3. The van der Waals surface area contributed by atoms with E-state index in [0.29, 0.717) is 6.92 Å². The van der Waals surface area contributed by atoms with Crippen LogP contribution in [0.1, 0.15) is 13.8 Å². The van der Waals surface area contributed by atoms with Gasteiger partial charge in [-0.3, -0.25) is 9.59 Å². The molecule has 2 amide bonds. The van der Waals surface area contributed by atoms with Gasteiger partial charge in [0.15, 0.2) is 17.4 Å². The van der Waals surface area contributed by atoms with E-state index in [0.717, 1.165) is 6.92 Å². The Bertz CT molecular complexity index is 1990. The zero-order valence-corrected chi connectivity index (χ0v) is 40.0. The molecule has 5 rings (SSSR count). The average Bonchev–Trinajstić information content (AvgIpc) is 3.39. The number of nitrogens with two attached hydrogens (primary N) is 1. The monoisotopic (exact) mass is 1120 g/mol. The van der Waals surface area contributed by atoms with Gasteiger partial charge in [-0.05, 0) is 0 Å². The molecule has 0 aliphatic carbocycles. The lowest BCUT2D eigenvalue weighted by Gasteiger charge is -2.74. The molecule has 5 aliphatic heterocycles. The summed E-state index contributed by atoms with van der Waals surface area (Å²) in [4.78, 5) is 39.3.